The van der Waals surface area contributed by atoms with Crippen LogP contribution in [0.15, 0.2) is 55.0 Å². The first-order valence-electron chi connectivity index (χ1n) is 12.0. The first kappa shape index (κ1) is 23.3. The maximum Gasteiger partial charge on any atom is 0.142 e. The summed E-state index contributed by atoms with van der Waals surface area (Å²) in [6.07, 6.45) is 6.53. The van der Waals surface area contributed by atoms with Crippen molar-refractivity contribution in [3.63, 3.8) is 0 Å². The van der Waals surface area contributed by atoms with Gasteiger partial charge in [0.2, 0.25) is 0 Å². The lowest BCUT2D eigenvalue weighted by Gasteiger charge is -2.14. The van der Waals surface area contributed by atoms with Gasteiger partial charge >= 0.3 is 0 Å². The molecule has 1 aliphatic rings. The SMILES string of the molecule is N=Cc1cc(Nc2ncnc3sc4c(c23)CCc2nn(CCO)cc2-4)ccc1NCc1cccc(F)c1. The number of thiophene rings is 1. The fourth-order valence-electron chi connectivity index (χ4n) is 4.74. The van der Waals surface area contributed by atoms with E-state index in [0.717, 1.165) is 61.9 Å². The van der Waals surface area contributed by atoms with Crippen LogP contribution in [0.25, 0.3) is 20.7 Å². The molecule has 0 bridgehead atoms. The van der Waals surface area contributed by atoms with E-state index in [1.165, 1.54) is 23.9 Å². The molecule has 0 spiro atoms. The van der Waals surface area contributed by atoms with E-state index < -0.39 is 0 Å². The molecule has 10 heteroatoms. The number of aryl methyl sites for hydroxylation is 2. The van der Waals surface area contributed by atoms with Crippen molar-refractivity contribution in [3.05, 3.63) is 83.2 Å². The van der Waals surface area contributed by atoms with E-state index in [9.17, 15) is 9.50 Å². The number of aromatic nitrogens is 4. The van der Waals surface area contributed by atoms with Crippen LogP contribution in [0.4, 0.5) is 21.6 Å². The lowest BCUT2D eigenvalue weighted by atomic mass is 9.95. The lowest BCUT2D eigenvalue weighted by molar-refractivity contribution is 0.269. The molecule has 0 saturated carbocycles. The minimum atomic E-state index is -0.270. The third-order valence-corrected chi connectivity index (χ3v) is 7.63. The molecule has 0 radical (unpaired) electrons. The highest BCUT2D eigenvalue weighted by molar-refractivity contribution is 7.22. The summed E-state index contributed by atoms with van der Waals surface area (Å²) in [6.45, 7) is 0.980. The molecule has 3 heterocycles. The van der Waals surface area contributed by atoms with Gasteiger partial charge in [-0.05, 0) is 54.3 Å². The van der Waals surface area contributed by atoms with Crippen molar-refractivity contribution < 1.29 is 9.50 Å². The van der Waals surface area contributed by atoms with Crippen LogP contribution in [-0.2, 0) is 25.9 Å². The van der Waals surface area contributed by atoms with Crippen molar-refractivity contribution in [1.29, 1.82) is 5.41 Å². The first-order valence-corrected chi connectivity index (χ1v) is 12.8. The molecule has 6 rings (SSSR count). The van der Waals surface area contributed by atoms with Gasteiger partial charge < -0.3 is 21.1 Å². The number of nitrogens with zero attached hydrogens (tertiary/aromatic N) is 4. The van der Waals surface area contributed by atoms with Gasteiger partial charge in [-0.3, -0.25) is 4.68 Å². The van der Waals surface area contributed by atoms with Crippen molar-refractivity contribution in [2.24, 2.45) is 0 Å². The van der Waals surface area contributed by atoms with E-state index >= 15 is 0 Å². The van der Waals surface area contributed by atoms with E-state index in [1.54, 1.807) is 28.4 Å². The molecular weight excluding hydrogens is 489 g/mol. The maximum atomic E-state index is 13.5. The molecule has 37 heavy (non-hydrogen) atoms. The highest BCUT2D eigenvalue weighted by Gasteiger charge is 2.26. The van der Waals surface area contributed by atoms with Gasteiger partial charge in [-0.2, -0.15) is 5.10 Å². The molecule has 186 valence electrons. The maximum absolute atomic E-state index is 13.5. The van der Waals surface area contributed by atoms with Crippen molar-refractivity contribution in [1.82, 2.24) is 19.7 Å². The Balaban J connectivity index is 1.29. The summed E-state index contributed by atoms with van der Waals surface area (Å²) in [5.74, 6) is 0.457. The Hall–Kier alpha value is -4.15. The van der Waals surface area contributed by atoms with Gasteiger partial charge in [0.25, 0.3) is 0 Å². The molecule has 4 N–H and O–H groups in total. The van der Waals surface area contributed by atoms with Gasteiger partial charge in [0, 0.05) is 46.3 Å². The Morgan fingerprint density at radius 2 is 2.08 bits per heavy atom. The summed E-state index contributed by atoms with van der Waals surface area (Å²) in [5.41, 5.74) is 6.49. The molecule has 8 nitrogen and oxygen atoms in total. The summed E-state index contributed by atoms with van der Waals surface area (Å²) in [4.78, 5) is 11.2. The monoisotopic (exact) mass is 513 g/mol. The Labute approximate surface area is 216 Å². The Kier molecular flexibility index (Phi) is 6.11. The van der Waals surface area contributed by atoms with Crippen LogP contribution in [0, 0.1) is 11.2 Å². The van der Waals surface area contributed by atoms with Crippen molar-refractivity contribution >= 4 is 45.0 Å². The minimum Gasteiger partial charge on any atom is -0.394 e. The van der Waals surface area contributed by atoms with E-state index in [0.29, 0.717) is 18.7 Å². The molecule has 5 aromatic rings. The summed E-state index contributed by atoms with van der Waals surface area (Å²) >= 11 is 1.63. The highest BCUT2D eigenvalue weighted by atomic mass is 32.1. The number of hydrogen-bond donors (Lipinski definition) is 4. The molecule has 0 unspecified atom stereocenters. The largest absolute Gasteiger partial charge is 0.394 e. The predicted octanol–water partition coefficient (Wildman–Crippen LogP) is 5.14. The van der Waals surface area contributed by atoms with Crippen molar-refractivity contribution in [2.45, 2.75) is 25.9 Å². The molecule has 0 aliphatic heterocycles. The topological polar surface area (TPSA) is 112 Å². The van der Waals surface area contributed by atoms with Gasteiger partial charge in [-0.1, -0.05) is 12.1 Å². The van der Waals surface area contributed by atoms with E-state index in [2.05, 4.69) is 25.7 Å². The van der Waals surface area contributed by atoms with E-state index in [-0.39, 0.29) is 12.4 Å². The predicted molar refractivity (Wildman–Crippen MR) is 144 cm³/mol. The number of hydrogen-bond acceptors (Lipinski definition) is 8. The number of aliphatic hydroxyl groups excluding tert-OH is 1. The lowest BCUT2D eigenvalue weighted by Crippen LogP contribution is -2.05. The van der Waals surface area contributed by atoms with E-state index in [4.69, 9.17) is 5.41 Å². The number of fused-ring (bicyclic) bond motifs is 5. The zero-order valence-electron chi connectivity index (χ0n) is 19.8. The zero-order valence-corrected chi connectivity index (χ0v) is 20.6. The number of anilines is 3. The molecule has 0 atom stereocenters. The standard InChI is InChI=1S/C27H24FN7OS/c28-18-3-1-2-16(10-18)13-30-22-6-4-19(11-17(22)12-29)33-26-24-20-5-7-23-21(14-35(34-23)8-9-36)25(20)37-27(24)32-15-31-26/h1-4,6,10-12,14-15,29-30,36H,5,7-9,13H2,(H,31,32,33). The normalized spacial score (nSPS) is 12.3. The third-order valence-electron chi connectivity index (χ3n) is 6.45. The van der Waals surface area contributed by atoms with Gasteiger partial charge in [0.1, 0.15) is 22.8 Å². The average Bonchev–Trinajstić information content (AvgIpc) is 3.49. The molecule has 2 aromatic carbocycles. The van der Waals surface area contributed by atoms with Crippen LogP contribution in [-0.4, -0.2) is 37.7 Å². The molecule has 0 fully saturated rings. The van der Waals surface area contributed by atoms with Crippen LogP contribution in [0.2, 0.25) is 0 Å². The minimum absolute atomic E-state index is 0.0518. The second kappa shape index (κ2) is 9.72. The second-order valence-corrected chi connectivity index (χ2v) is 9.84. The smallest absolute Gasteiger partial charge is 0.142 e. The van der Waals surface area contributed by atoms with Crippen LogP contribution in [0.5, 0.6) is 0 Å². The van der Waals surface area contributed by atoms with Crippen LogP contribution in [0.1, 0.15) is 22.4 Å². The van der Waals surface area contributed by atoms with Crippen LogP contribution >= 0.6 is 11.3 Å². The van der Waals surface area contributed by atoms with Crippen molar-refractivity contribution in [3.8, 4) is 10.4 Å². The molecule has 0 amide bonds. The van der Waals surface area contributed by atoms with Crippen molar-refractivity contribution in [2.75, 3.05) is 17.2 Å². The zero-order chi connectivity index (χ0) is 25.4. The molecule has 3 aromatic heterocycles. The Morgan fingerprint density at radius 1 is 1.16 bits per heavy atom. The fraction of sp³-hybridized carbons (Fsp3) is 0.185. The Bertz CT molecular complexity index is 1630. The van der Waals surface area contributed by atoms with Gasteiger partial charge in [-0.15, -0.1) is 11.3 Å². The van der Waals surface area contributed by atoms with Crippen LogP contribution in [0.3, 0.4) is 0 Å². The summed E-state index contributed by atoms with van der Waals surface area (Å²) in [6, 6.07) is 12.2. The summed E-state index contributed by atoms with van der Waals surface area (Å²) in [7, 11) is 0. The second-order valence-electron chi connectivity index (χ2n) is 8.84. The summed E-state index contributed by atoms with van der Waals surface area (Å²) in [5, 5.41) is 29.6. The van der Waals surface area contributed by atoms with Crippen LogP contribution < -0.4 is 10.6 Å². The number of halogens is 1. The summed E-state index contributed by atoms with van der Waals surface area (Å²) < 4.78 is 15.3. The molecule has 1 aliphatic carbocycles. The number of benzene rings is 2. The van der Waals surface area contributed by atoms with Gasteiger partial charge in [-0.25, -0.2) is 14.4 Å². The highest BCUT2D eigenvalue weighted by Crippen LogP contribution is 2.45. The van der Waals surface area contributed by atoms with Gasteiger partial charge in [0.05, 0.1) is 24.2 Å². The molecule has 0 saturated heterocycles. The fourth-order valence-corrected chi connectivity index (χ4v) is 5.96. The Morgan fingerprint density at radius 3 is 2.92 bits per heavy atom. The first-order chi connectivity index (χ1) is 18.1. The van der Waals surface area contributed by atoms with E-state index in [1.807, 2.05) is 30.5 Å². The third kappa shape index (κ3) is 4.45. The molecular formula is C27H24FN7OS. The number of rotatable bonds is 8. The van der Waals surface area contributed by atoms with Gasteiger partial charge in [0.15, 0.2) is 0 Å². The number of nitrogens with one attached hydrogen (secondary N) is 3. The quantitative estimate of drug-likeness (QED) is 0.214. The number of aliphatic hydroxyl groups is 1. The average molecular weight is 514 g/mol.